The number of carbonyl (C=O) groups excluding carboxylic acids is 1. The third-order valence-electron chi connectivity index (χ3n) is 4.60. The maximum Gasteiger partial charge on any atom is 0.394 e. The summed E-state index contributed by atoms with van der Waals surface area (Å²) in [7, 11) is 0. The summed E-state index contributed by atoms with van der Waals surface area (Å²) in [5.41, 5.74) is 0.795. The van der Waals surface area contributed by atoms with Crippen molar-refractivity contribution >= 4 is 11.9 Å². The van der Waals surface area contributed by atoms with Crippen LogP contribution in [0.2, 0.25) is 0 Å². The Kier molecular flexibility index (Phi) is 5.43. The molecule has 0 aliphatic carbocycles. The second-order valence-corrected chi connectivity index (χ2v) is 6.85. The number of carboxylic acids is 1. The highest BCUT2D eigenvalue weighted by Crippen LogP contribution is 2.38. The summed E-state index contributed by atoms with van der Waals surface area (Å²) in [5.74, 6) is -5.39. The van der Waals surface area contributed by atoms with Crippen molar-refractivity contribution in [3.8, 4) is 0 Å². The van der Waals surface area contributed by atoms with E-state index in [0.29, 0.717) is 18.2 Å². The quantitative estimate of drug-likeness (QED) is 0.875. The molecule has 1 saturated heterocycles. The van der Waals surface area contributed by atoms with Crippen molar-refractivity contribution in [1.29, 1.82) is 0 Å². The van der Waals surface area contributed by atoms with Crippen LogP contribution in [-0.2, 0) is 11.3 Å². The maximum atomic E-state index is 13.1. The maximum absolute atomic E-state index is 13.1. The molecule has 0 radical (unpaired) electrons. The summed E-state index contributed by atoms with van der Waals surface area (Å²) in [4.78, 5) is 24.7. The molecule has 1 aromatic rings. The summed E-state index contributed by atoms with van der Waals surface area (Å²) >= 11 is 0. The monoisotopic (exact) mass is 361 g/mol. The summed E-state index contributed by atoms with van der Waals surface area (Å²) in [6.07, 6.45) is -2.46. The van der Waals surface area contributed by atoms with Gasteiger partial charge in [0.15, 0.2) is 0 Å². The van der Waals surface area contributed by atoms with Gasteiger partial charge in [0.1, 0.15) is 0 Å². The van der Waals surface area contributed by atoms with E-state index in [0.717, 1.165) is 11.3 Å². The van der Waals surface area contributed by atoms with Crippen molar-refractivity contribution in [2.24, 2.45) is 17.8 Å². The highest BCUT2D eigenvalue weighted by molar-refractivity contribution is 5.95. The zero-order valence-electron chi connectivity index (χ0n) is 14.4. The number of hydrogen-bond donors (Lipinski definition) is 1. The Morgan fingerprint density at radius 3 is 2.48 bits per heavy atom. The first-order valence-electron chi connectivity index (χ1n) is 8.13. The van der Waals surface area contributed by atoms with Crippen LogP contribution in [0, 0.1) is 24.7 Å². The highest BCUT2D eigenvalue weighted by atomic mass is 19.4. The average Bonchev–Trinajstić information content (AvgIpc) is 3.08. The molecule has 0 spiro atoms. The molecule has 0 aromatic carbocycles. The number of rotatable bonds is 5. The van der Waals surface area contributed by atoms with Crippen LogP contribution in [0.1, 0.15) is 36.3 Å². The second-order valence-electron chi connectivity index (χ2n) is 6.85. The second kappa shape index (κ2) is 7.05. The van der Waals surface area contributed by atoms with E-state index in [1.165, 1.54) is 6.20 Å². The van der Waals surface area contributed by atoms with Gasteiger partial charge in [-0.05, 0) is 19.3 Å². The number of hydrogen-bond acceptors (Lipinski definition) is 3. The Bertz CT molecular complexity index is 655. The Hall–Kier alpha value is -2.06. The average molecular weight is 361 g/mol. The van der Waals surface area contributed by atoms with Crippen molar-refractivity contribution in [2.75, 3.05) is 13.1 Å². The third-order valence-corrected chi connectivity index (χ3v) is 4.60. The lowest BCUT2D eigenvalue weighted by atomic mass is 9.96. The Balaban J connectivity index is 2.17. The number of aliphatic carboxylic acids is 1. The first kappa shape index (κ1) is 19.3. The van der Waals surface area contributed by atoms with Crippen LogP contribution in [0.5, 0.6) is 0 Å². The molecule has 2 atom stereocenters. The van der Waals surface area contributed by atoms with Gasteiger partial charge in [0.25, 0.3) is 5.91 Å². The molecule has 2 rings (SSSR count). The topological polar surface area (TPSA) is 75.4 Å². The molecule has 1 aliphatic rings. The van der Waals surface area contributed by atoms with E-state index < -0.39 is 43.0 Å². The van der Waals surface area contributed by atoms with Crippen molar-refractivity contribution < 1.29 is 27.9 Å². The fourth-order valence-corrected chi connectivity index (χ4v) is 2.98. The number of nitrogens with zero attached hydrogens (tertiary/aromatic N) is 3. The van der Waals surface area contributed by atoms with Crippen molar-refractivity contribution in [3.05, 3.63) is 17.5 Å². The summed E-state index contributed by atoms with van der Waals surface area (Å²) < 4.78 is 40.8. The largest absolute Gasteiger partial charge is 0.481 e. The van der Waals surface area contributed by atoms with Crippen LogP contribution in [0.25, 0.3) is 0 Å². The van der Waals surface area contributed by atoms with Crippen LogP contribution in [0.4, 0.5) is 13.2 Å². The molecule has 1 aliphatic heterocycles. The molecule has 9 heteroatoms. The van der Waals surface area contributed by atoms with Gasteiger partial charge in [-0.1, -0.05) is 13.8 Å². The van der Waals surface area contributed by atoms with Gasteiger partial charge in [-0.3, -0.25) is 14.3 Å². The molecule has 25 heavy (non-hydrogen) atoms. The van der Waals surface area contributed by atoms with Crippen LogP contribution < -0.4 is 0 Å². The van der Waals surface area contributed by atoms with Gasteiger partial charge in [0, 0.05) is 25.3 Å². The predicted molar refractivity (Wildman–Crippen MR) is 83.0 cm³/mol. The molecule has 6 nitrogen and oxygen atoms in total. The Morgan fingerprint density at radius 1 is 1.36 bits per heavy atom. The molecule has 140 valence electrons. The zero-order chi connectivity index (χ0) is 18.9. The van der Waals surface area contributed by atoms with Gasteiger partial charge in [0.2, 0.25) is 0 Å². The number of halogens is 3. The highest BCUT2D eigenvalue weighted by Gasteiger charge is 2.53. The van der Waals surface area contributed by atoms with Gasteiger partial charge < -0.3 is 10.0 Å². The normalized spacial score (nSPS) is 21.2. The molecular weight excluding hydrogens is 339 g/mol. The summed E-state index contributed by atoms with van der Waals surface area (Å²) in [5, 5.41) is 13.2. The molecule has 1 N–H and O–H groups in total. The van der Waals surface area contributed by atoms with Gasteiger partial charge in [0.05, 0.1) is 23.6 Å². The van der Waals surface area contributed by atoms with E-state index in [9.17, 15) is 22.8 Å². The van der Waals surface area contributed by atoms with E-state index >= 15 is 0 Å². The summed E-state index contributed by atoms with van der Waals surface area (Å²) in [6.45, 7) is 5.31. The number of aryl methyl sites for hydroxylation is 1. The minimum atomic E-state index is -4.66. The molecule has 1 amide bonds. The molecule has 0 saturated carbocycles. The van der Waals surface area contributed by atoms with Crippen LogP contribution in [0.15, 0.2) is 6.20 Å². The van der Waals surface area contributed by atoms with Crippen molar-refractivity contribution in [3.63, 3.8) is 0 Å². The van der Waals surface area contributed by atoms with Crippen molar-refractivity contribution in [1.82, 2.24) is 14.7 Å². The minimum absolute atomic E-state index is 0.218. The SMILES string of the molecule is Cc1c(C(=O)N2C[C@@H](C(F)(F)F)[C@H](C(=O)O)C2)cnn1CCC(C)C. The molecule has 0 bridgehead atoms. The third kappa shape index (κ3) is 4.13. The summed E-state index contributed by atoms with van der Waals surface area (Å²) in [6, 6.07) is 0. The number of alkyl halides is 3. The molecular formula is C16H22F3N3O3. The number of aromatic nitrogens is 2. The lowest BCUT2D eigenvalue weighted by molar-refractivity contribution is -0.187. The van der Waals surface area contributed by atoms with Crippen LogP contribution in [0.3, 0.4) is 0 Å². The Morgan fingerprint density at radius 2 is 2.00 bits per heavy atom. The van der Waals surface area contributed by atoms with E-state index in [1.54, 1.807) is 11.6 Å². The predicted octanol–water partition coefficient (Wildman–Crippen LogP) is 2.57. The Labute approximate surface area is 143 Å². The van der Waals surface area contributed by atoms with E-state index in [-0.39, 0.29) is 5.56 Å². The fraction of sp³-hybridized carbons (Fsp3) is 0.688. The minimum Gasteiger partial charge on any atom is -0.481 e. The number of amides is 1. The molecule has 1 aromatic heterocycles. The number of carbonyl (C=O) groups is 2. The van der Waals surface area contributed by atoms with Crippen molar-refractivity contribution in [2.45, 2.75) is 39.9 Å². The van der Waals surface area contributed by atoms with Gasteiger partial charge in [-0.2, -0.15) is 18.3 Å². The number of carboxylic acid groups (broad SMARTS) is 1. The van der Waals surface area contributed by atoms with E-state index in [2.05, 4.69) is 18.9 Å². The van der Waals surface area contributed by atoms with E-state index in [4.69, 9.17) is 5.11 Å². The zero-order valence-corrected chi connectivity index (χ0v) is 14.4. The standard InChI is InChI=1S/C16H22F3N3O3/c1-9(2)4-5-22-10(3)11(6-20-22)14(23)21-7-12(15(24)25)13(8-21)16(17,18)19/h6,9,12-13H,4-5,7-8H2,1-3H3,(H,24,25)/t12-,13-/m1/s1. The fourth-order valence-electron chi connectivity index (χ4n) is 2.98. The van der Waals surface area contributed by atoms with Gasteiger partial charge in [-0.25, -0.2) is 0 Å². The lowest BCUT2D eigenvalue weighted by Crippen LogP contribution is -2.34. The van der Waals surface area contributed by atoms with Crippen LogP contribution in [-0.4, -0.2) is 50.9 Å². The molecule has 0 unspecified atom stereocenters. The first-order chi connectivity index (χ1) is 11.5. The molecule has 1 fully saturated rings. The van der Waals surface area contributed by atoms with Crippen LogP contribution >= 0.6 is 0 Å². The smallest absolute Gasteiger partial charge is 0.394 e. The van der Waals surface area contributed by atoms with Gasteiger partial charge >= 0.3 is 12.1 Å². The van der Waals surface area contributed by atoms with E-state index in [1.807, 2.05) is 0 Å². The number of likely N-dealkylation sites (tertiary alicyclic amines) is 1. The first-order valence-corrected chi connectivity index (χ1v) is 8.13. The lowest BCUT2D eigenvalue weighted by Gasteiger charge is -2.18. The molecule has 2 heterocycles. The van der Waals surface area contributed by atoms with Gasteiger partial charge in [-0.15, -0.1) is 0 Å².